The van der Waals surface area contributed by atoms with Gasteiger partial charge >= 0.3 is 0 Å². The summed E-state index contributed by atoms with van der Waals surface area (Å²) in [5.74, 6) is 0.479. The molecule has 0 spiro atoms. The normalized spacial score (nSPS) is 22.7. The van der Waals surface area contributed by atoms with E-state index in [1.54, 1.807) is 6.07 Å². The number of ether oxygens (including phenoxy) is 1. The van der Waals surface area contributed by atoms with E-state index in [0.29, 0.717) is 12.5 Å². The molecule has 2 heterocycles. The Balaban J connectivity index is 1.60. The highest BCUT2D eigenvalue weighted by atomic mass is 19.1. The number of halogens is 1. The van der Waals surface area contributed by atoms with E-state index >= 15 is 0 Å². The number of nitrogens with zero attached hydrogens (tertiary/aromatic N) is 1. The van der Waals surface area contributed by atoms with Gasteiger partial charge in [-0.05, 0) is 43.7 Å². The summed E-state index contributed by atoms with van der Waals surface area (Å²) in [6.45, 7) is 5.34. The first-order valence-corrected chi connectivity index (χ1v) is 8.15. The van der Waals surface area contributed by atoms with Gasteiger partial charge in [-0.1, -0.05) is 6.07 Å². The molecule has 1 aromatic rings. The summed E-state index contributed by atoms with van der Waals surface area (Å²) < 4.78 is 19.7. The summed E-state index contributed by atoms with van der Waals surface area (Å²) in [4.78, 5) is 2.31. The molecular weight excluding hydrogens is 267 g/mol. The van der Waals surface area contributed by atoms with Gasteiger partial charge in [0.15, 0.2) is 0 Å². The first-order valence-electron chi connectivity index (χ1n) is 8.15. The van der Waals surface area contributed by atoms with Gasteiger partial charge in [0.1, 0.15) is 5.82 Å². The van der Waals surface area contributed by atoms with Crippen molar-refractivity contribution in [3.63, 3.8) is 0 Å². The van der Waals surface area contributed by atoms with E-state index in [2.05, 4.69) is 16.3 Å². The molecule has 2 saturated heterocycles. The number of nitrogens with one attached hydrogen (secondary N) is 1. The first kappa shape index (κ1) is 14.8. The third-order valence-corrected chi connectivity index (χ3v) is 4.53. The molecule has 1 unspecified atom stereocenters. The number of hydrogen-bond acceptors (Lipinski definition) is 3. The van der Waals surface area contributed by atoms with E-state index in [4.69, 9.17) is 4.74 Å². The van der Waals surface area contributed by atoms with Crippen molar-refractivity contribution in [1.82, 2.24) is 5.32 Å². The molecule has 0 saturated carbocycles. The minimum atomic E-state index is -0.0909. The number of hydrogen-bond donors (Lipinski definition) is 1. The molecule has 0 bridgehead atoms. The molecule has 116 valence electrons. The Morgan fingerprint density at radius 2 is 2.10 bits per heavy atom. The molecule has 2 fully saturated rings. The fourth-order valence-electron chi connectivity index (χ4n) is 3.35. The van der Waals surface area contributed by atoms with Crippen LogP contribution in [0, 0.1) is 11.7 Å². The zero-order chi connectivity index (χ0) is 14.5. The highest BCUT2D eigenvalue weighted by molar-refractivity contribution is 5.54. The minimum absolute atomic E-state index is 0.0909. The summed E-state index contributed by atoms with van der Waals surface area (Å²) in [6, 6.07) is 5.44. The Labute approximate surface area is 126 Å². The van der Waals surface area contributed by atoms with Crippen LogP contribution >= 0.6 is 0 Å². The predicted octanol–water partition coefficient (Wildman–Crippen LogP) is 2.94. The Kier molecular flexibility index (Phi) is 5.09. The van der Waals surface area contributed by atoms with E-state index in [1.807, 2.05) is 6.07 Å². The molecule has 2 aliphatic rings. The number of benzene rings is 1. The van der Waals surface area contributed by atoms with Gasteiger partial charge in [0, 0.05) is 44.0 Å². The topological polar surface area (TPSA) is 24.5 Å². The quantitative estimate of drug-likeness (QED) is 0.903. The molecule has 0 aromatic heterocycles. The summed E-state index contributed by atoms with van der Waals surface area (Å²) in [5.41, 5.74) is 1.89. The van der Waals surface area contributed by atoms with Crippen molar-refractivity contribution in [2.24, 2.45) is 5.92 Å². The third kappa shape index (κ3) is 3.74. The maximum absolute atomic E-state index is 14.2. The standard InChI is InChI=1S/C17H25FN2O/c18-16-6-3-7-17(20-8-1-2-9-20)15(16)12-19-11-14-5-4-10-21-13-14/h3,6-7,14,19H,1-2,4-5,8-13H2. The van der Waals surface area contributed by atoms with Crippen molar-refractivity contribution in [3.05, 3.63) is 29.6 Å². The molecule has 1 atom stereocenters. The SMILES string of the molecule is Fc1cccc(N2CCCC2)c1CNCC1CCCOC1. The van der Waals surface area contributed by atoms with Crippen LogP contribution < -0.4 is 10.2 Å². The van der Waals surface area contributed by atoms with Gasteiger partial charge in [-0.25, -0.2) is 4.39 Å². The molecule has 0 amide bonds. The molecule has 4 heteroatoms. The fourth-order valence-corrected chi connectivity index (χ4v) is 3.35. The average Bonchev–Trinajstić information content (AvgIpc) is 3.04. The molecule has 3 rings (SSSR count). The minimum Gasteiger partial charge on any atom is -0.381 e. The third-order valence-electron chi connectivity index (χ3n) is 4.53. The Morgan fingerprint density at radius 3 is 2.86 bits per heavy atom. The number of rotatable bonds is 5. The lowest BCUT2D eigenvalue weighted by atomic mass is 10.0. The monoisotopic (exact) mass is 292 g/mol. The van der Waals surface area contributed by atoms with Crippen LogP contribution in [0.3, 0.4) is 0 Å². The first-order chi connectivity index (χ1) is 10.3. The summed E-state index contributed by atoms with van der Waals surface area (Å²) >= 11 is 0. The van der Waals surface area contributed by atoms with Crippen molar-refractivity contribution in [3.8, 4) is 0 Å². The second-order valence-electron chi connectivity index (χ2n) is 6.15. The van der Waals surface area contributed by atoms with Crippen LogP contribution in [0.5, 0.6) is 0 Å². The summed E-state index contributed by atoms with van der Waals surface area (Å²) in [7, 11) is 0. The van der Waals surface area contributed by atoms with Crippen LogP contribution in [0.25, 0.3) is 0 Å². The lowest BCUT2D eigenvalue weighted by Crippen LogP contribution is -2.30. The van der Waals surface area contributed by atoms with Crippen LogP contribution in [0.4, 0.5) is 10.1 Å². The van der Waals surface area contributed by atoms with Crippen molar-refractivity contribution < 1.29 is 9.13 Å². The molecule has 21 heavy (non-hydrogen) atoms. The zero-order valence-corrected chi connectivity index (χ0v) is 12.6. The van der Waals surface area contributed by atoms with Gasteiger partial charge in [0.25, 0.3) is 0 Å². The molecule has 3 nitrogen and oxygen atoms in total. The second-order valence-corrected chi connectivity index (χ2v) is 6.15. The Bertz CT molecular complexity index is 454. The van der Waals surface area contributed by atoms with Gasteiger partial charge in [0.05, 0.1) is 6.61 Å². The molecule has 0 aliphatic carbocycles. The lowest BCUT2D eigenvalue weighted by Gasteiger charge is -2.24. The van der Waals surface area contributed by atoms with Crippen LogP contribution in [0.2, 0.25) is 0 Å². The highest BCUT2D eigenvalue weighted by Crippen LogP contribution is 2.26. The van der Waals surface area contributed by atoms with E-state index in [1.165, 1.54) is 19.3 Å². The molecule has 1 aromatic carbocycles. The smallest absolute Gasteiger partial charge is 0.129 e. The summed E-state index contributed by atoms with van der Waals surface area (Å²) in [5, 5.41) is 3.43. The van der Waals surface area contributed by atoms with Crippen LogP contribution in [0.1, 0.15) is 31.2 Å². The van der Waals surface area contributed by atoms with Gasteiger partial charge in [-0.2, -0.15) is 0 Å². The predicted molar refractivity (Wildman–Crippen MR) is 83.1 cm³/mol. The van der Waals surface area contributed by atoms with Crippen LogP contribution in [0.15, 0.2) is 18.2 Å². The van der Waals surface area contributed by atoms with Crippen molar-refractivity contribution in [2.75, 3.05) is 37.7 Å². The van der Waals surface area contributed by atoms with Gasteiger partial charge in [-0.3, -0.25) is 0 Å². The van der Waals surface area contributed by atoms with Crippen molar-refractivity contribution in [1.29, 1.82) is 0 Å². The molecule has 0 radical (unpaired) electrons. The van der Waals surface area contributed by atoms with E-state index in [-0.39, 0.29) is 5.82 Å². The maximum atomic E-state index is 14.2. The highest BCUT2D eigenvalue weighted by Gasteiger charge is 2.18. The van der Waals surface area contributed by atoms with Crippen LogP contribution in [-0.2, 0) is 11.3 Å². The van der Waals surface area contributed by atoms with E-state index in [9.17, 15) is 4.39 Å². The second kappa shape index (κ2) is 7.23. The van der Waals surface area contributed by atoms with Gasteiger partial charge in [0.2, 0.25) is 0 Å². The number of anilines is 1. The molecule has 1 N–H and O–H groups in total. The van der Waals surface area contributed by atoms with Gasteiger partial charge in [-0.15, -0.1) is 0 Å². The lowest BCUT2D eigenvalue weighted by molar-refractivity contribution is 0.0547. The Morgan fingerprint density at radius 1 is 1.24 bits per heavy atom. The Hall–Kier alpha value is -1.13. The largest absolute Gasteiger partial charge is 0.381 e. The van der Waals surface area contributed by atoms with E-state index in [0.717, 1.165) is 50.5 Å². The maximum Gasteiger partial charge on any atom is 0.129 e. The molecule has 2 aliphatic heterocycles. The molecular formula is C17H25FN2O. The van der Waals surface area contributed by atoms with Crippen molar-refractivity contribution >= 4 is 5.69 Å². The summed E-state index contributed by atoms with van der Waals surface area (Å²) in [6.07, 6.45) is 4.78. The zero-order valence-electron chi connectivity index (χ0n) is 12.6. The van der Waals surface area contributed by atoms with Crippen molar-refractivity contribution in [2.45, 2.75) is 32.2 Å². The van der Waals surface area contributed by atoms with Gasteiger partial charge < -0.3 is 15.0 Å². The van der Waals surface area contributed by atoms with Crippen LogP contribution in [-0.4, -0.2) is 32.8 Å². The average molecular weight is 292 g/mol. The fraction of sp³-hybridized carbons (Fsp3) is 0.647. The van der Waals surface area contributed by atoms with E-state index < -0.39 is 0 Å².